The van der Waals surface area contributed by atoms with Crippen molar-refractivity contribution in [1.29, 1.82) is 0 Å². The molecule has 1 aliphatic heterocycles. The summed E-state index contributed by atoms with van der Waals surface area (Å²) in [5.74, 6) is 0.932. The summed E-state index contributed by atoms with van der Waals surface area (Å²) >= 11 is 1.59. The number of nitrogens with zero attached hydrogens (tertiary/aromatic N) is 1. The standard InChI is InChI=1S/C13H12N2O4S/c1-8(9-2-3-20-6-9)14-10-4-12-13(19-7-18-12)5-11(10)15(16)17/h2-6,8,14H,7H2,1H3. The van der Waals surface area contributed by atoms with Gasteiger partial charge in [0.2, 0.25) is 6.79 Å². The molecule has 1 unspecified atom stereocenters. The number of nitrogens with one attached hydrogen (secondary N) is 1. The van der Waals surface area contributed by atoms with Crippen molar-refractivity contribution in [2.45, 2.75) is 13.0 Å². The first kappa shape index (κ1) is 12.7. The van der Waals surface area contributed by atoms with Crippen LogP contribution in [-0.2, 0) is 0 Å². The highest BCUT2D eigenvalue weighted by Gasteiger charge is 2.24. The van der Waals surface area contributed by atoms with Crippen molar-refractivity contribution in [3.63, 3.8) is 0 Å². The molecule has 104 valence electrons. The molecule has 1 aliphatic rings. The van der Waals surface area contributed by atoms with Crippen LogP contribution in [0.3, 0.4) is 0 Å². The van der Waals surface area contributed by atoms with Gasteiger partial charge >= 0.3 is 0 Å². The van der Waals surface area contributed by atoms with E-state index < -0.39 is 4.92 Å². The van der Waals surface area contributed by atoms with E-state index in [0.717, 1.165) is 5.56 Å². The molecule has 6 nitrogen and oxygen atoms in total. The van der Waals surface area contributed by atoms with Gasteiger partial charge in [0.25, 0.3) is 5.69 Å². The Morgan fingerprint density at radius 3 is 2.80 bits per heavy atom. The second kappa shape index (κ2) is 5.01. The molecule has 0 fully saturated rings. The normalized spacial score (nSPS) is 14.1. The van der Waals surface area contributed by atoms with Crippen LogP contribution in [0, 0.1) is 10.1 Å². The van der Waals surface area contributed by atoms with E-state index in [1.165, 1.54) is 6.07 Å². The number of fused-ring (bicyclic) bond motifs is 1. The molecule has 0 bridgehead atoms. The molecule has 1 N–H and O–H groups in total. The molecule has 0 aliphatic carbocycles. The lowest BCUT2D eigenvalue weighted by molar-refractivity contribution is -0.384. The SMILES string of the molecule is CC(Nc1cc2c(cc1[N+](=O)[O-])OCO2)c1ccsc1. The highest BCUT2D eigenvalue weighted by atomic mass is 32.1. The molecule has 0 spiro atoms. The van der Waals surface area contributed by atoms with Crippen LogP contribution in [0.2, 0.25) is 0 Å². The summed E-state index contributed by atoms with van der Waals surface area (Å²) in [4.78, 5) is 10.7. The quantitative estimate of drug-likeness (QED) is 0.689. The summed E-state index contributed by atoms with van der Waals surface area (Å²) < 4.78 is 10.4. The third-order valence-electron chi connectivity index (χ3n) is 3.10. The van der Waals surface area contributed by atoms with Gasteiger partial charge in [-0.2, -0.15) is 11.3 Å². The zero-order valence-electron chi connectivity index (χ0n) is 10.7. The van der Waals surface area contributed by atoms with Crippen molar-refractivity contribution in [1.82, 2.24) is 0 Å². The lowest BCUT2D eigenvalue weighted by Crippen LogP contribution is -2.07. The Morgan fingerprint density at radius 1 is 1.40 bits per heavy atom. The number of nitro groups is 1. The number of hydrogen-bond acceptors (Lipinski definition) is 6. The first-order chi connectivity index (χ1) is 9.65. The predicted molar refractivity (Wildman–Crippen MR) is 75.6 cm³/mol. The number of nitro benzene ring substituents is 1. The lowest BCUT2D eigenvalue weighted by atomic mass is 10.1. The summed E-state index contributed by atoms with van der Waals surface area (Å²) in [7, 11) is 0. The van der Waals surface area contributed by atoms with Gasteiger partial charge in [0, 0.05) is 12.1 Å². The summed E-state index contributed by atoms with van der Waals surface area (Å²) in [5.41, 5.74) is 1.50. The Labute approximate surface area is 119 Å². The second-order valence-electron chi connectivity index (χ2n) is 4.40. The maximum Gasteiger partial charge on any atom is 0.296 e. The molecule has 0 saturated carbocycles. The highest BCUT2D eigenvalue weighted by molar-refractivity contribution is 7.07. The van der Waals surface area contributed by atoms with Crippen molar-refractivity contribution < 1.29 is 14.4 Å². The maximum absolute atomic E-state index is 11.2. The largest absolute Gasteiger partial charge is 0.454 e. The number of benzene rings is 1. The van der Waals surface area contributed by atoms with Gasteiger partial charge in [0.1, 0.15) is 5.69 Å². The van der Waals surface area contributed by atoms with Crippen LogP contribution in [0.25, 0.3) is 0 Å². The first-order valence-electron chi connectivity index (χ1n) is 6.02. The van der Waals surface area contributed by atoms with E-state index in [9.17, 15) is 10.1 Å². The van der Waals surface area contributed by atoms with Gasteiger partial charge in [-0.05, 0) is 29.3 Å². The minimum Gasteiger partial charge on any atom is -0.454 e. The number of hydrogen-bond donors (Lipinski definition) is 1. The van der Waals surface area contributed by atoms with Crippen molar-refractivity contribution in [3.8, 4) is 11.5 Å². The Bertz CT molecular complexity index is 642. The van der Waals surface area contributed by atoms with Crippen molar-refractivity contribution in [2.75, 3.05) is 12.1 Å². The molecular weight excluding hydrogens is 280 g/mol. The average molecular weight is 292 g/mol. The second-order valence-corrected chi connectivity index (χ2v) is 5.18. The zero-order valence-corrected chi connectivity index (χ0v) is 11.5. The molecule has 0 saturated heterocycles. The molecular formula is C13H12N2O4S. The Kier molecular flexibility index (Phi) is 3.19. The van der Waals surface area contributed by atoms with E-state index in [1.54, 1.807) is 17.4 Å². The third-order valence-corrected chi connectivity index (χ3v) is 3.80. The number of rotatable bonds is 4. The smallest absolute Gasteiger partial charge is 0.296 e. The van der Waals surface area contributed by atoms with Gasteiger partial charge in [-0.15, -0.1) is 0 Å². The average Bonchev–Trinajstić information content (AvgIpc) is 3.08. The topological polar surface area (TPSA) is 73.6 Å². The van der Waals surface area contributed by atoms with Crippen LogP contribution >= 0.6 is 11.3 Å². The molecule has 0 radical (unpaired) electrons. The minimum atomic E-state index is -0.426. The third kappa shape index (κ3) is 2.27. The highest BCUT2D eigenvalue weighted by Crippen LogP contribution is 2.41. The molecule has 1 aromatic carbocycles. The molecule has 1 aromatic heterocycles. The van der Waals surface area contributed by atoms with Gasteiger partial charge in [-0.1, -0.05) is 0 Å². The van der Waals surface area contributed by atoms with Gasteiger partial charge in [0.05, 0.1) is 11.0 Å². The van der Waals surface area contributed by atoms with Gasteiger partial charge < -0.3 is 14.8 Å². The Balaban J connectivity index is 1.94. The number of thiophene rings is 1. The van der Waals surface area contributed by atoms with Crippen LogP contribution in [-0.4, -0.2) is 11.7 Å². The molecule has 2 aromatic rings. The lowest BCUT2D eigenvalue weighted by Gasteiger charge is -2.14. The summed E-state index contributed by atoms with van der Waals surface area (Å²) in [6.07, 6.45) is 0. The van der Waals surface area contributed by atoms with E-state index in [4.69, 9.17) is 9.47 Å². The Hall–Kier alpha value is -2.28. The van der Waals surface area contributed by atoms with Gasteiger partial charge in [-0.25, -0.2) is 0 Å². The van der Waals surface area contributed by atoms with Crippen molar-refractivity contribution >= 4 is 22.7 Å². The van der Waals surface area contributed by atoms with Gasteiger partial charge in [0.15, 0.2) is 11.5 Å². The molecule has 0 amide bonds. The zero-order chi connectivity index (χ0) is 14.1. The molecule has 3 rings (SSSR count). The molecule has 2 heterocycles. The van der Waals surface area contributed by atoms with E-state index in [2.05, 4.69) is 5.32 Å². The van der Waals surface area contributed by atoms with Crippen LogP contribution in [0.1, 0.15) is 18.5 Å². The first-order valence-corrected chi connectivity index (χ1v) is 6.96. The maximum atomic E-state index is 11.2. The van der Waals surface area contributed by atoms with Crippen molar-refractivity contribution in [2.24, 2.45) is 0 Å². The Morgan fingerprint density at radius 2 is 2.15 bits per heavy atom. The fraction of sp³-hybridized carbons (Fsp3) is 0.231. The van der Waals surface area contributed by atoms with Crippen LogP contribution in [0.5, 0.6) is 11.5 Å². The van der Waals surface area contributed by atoms with Gasteiger partial charge in [-0.3, -0.25) is 10.1 Å². The van der Waals surface area contributed by atoms with E-state index >= 15 is 0 Å². The van der Waals surface area contributed by atoms with E-state index in [0.29, 0.717) is 17.2 Å². The number of anilines is 1. The fourth-order valence-electron chi connectivity index (χ4n) is 2.04. The summed E-state index contributed by atoms with van der Waals surface area (Å²) in [6.45, 7) is 2.05. The predicted octanol–water partition coefficient (Wildman–Crippen LogP) is 3.56. The minimum absolute atomic E-state index is 0.0173. The summed E-state index contributed by atoms with van der Waals surface area (Å²) in [6, 6.07) is 4.97. The molecule has 7 heteroatoms. The van der Waals surface area contributed by atoms with Crippen LogP contribution in [0.4, 0.5) is 11.4 Å². The van der Waals surface area contributed by atoms with E-state index in [1.807, 2.05) is 23.8 Å². The van der Waals surface area contributed by atoms with Crippen molar-refractivity contribution in [3.05, 3.63) is 44.6 Å². The van der Waals surface area contributed by atoms with Crippen LogP contribution in [0.15, 0.2) is 29.0 Å². The van der Waals surface area contributed by atoms with E-state index in [-0.39, 0.29) is 18.5 Å². The molecule has 1 atom stereocenters. The number of ether oxygens (including phenoxy) is 2. The summed E-state index contributed by atoms with van der Waals surface area (Å²) in [5, 5.41) is 18.3. The monoisotopic (exact) mass is 292 g/mol. The molecule has 20 heavy (non-hydrogen) atoms. The van der Waals surface area contributed by atoms with Crippen LogP contribution < -0.4 is 14.8 Å². The fourth-order valence-corrected chi connectivity index (χ4v) is 2.79.